The van der Waals surface area contributed by atoms with Crippen LogP contribution in [-0.2, 0) is 19.1 Å². The van der Waals surface area contributed by atoms with Gasteiger partial charge in [0.2, 0.25) is 0 Å². The van der Waals surface area contributed by atoms with Crippen LogP contribution in [0.1, 0.15) is 112 Å². The third kappa shape index (κ3) is 19.8. The summed E-state index contributed by atoms with van der Waals surface area (Å²) in [6.07, 6.45) is 16.0. The highest BCUT2D eigenvalue weighted by Gasteiger charge is 2.10. The third-order valence-corrected chi connectivity index (χ3v) is 5.11. The summed E-state index contributed by atoms with van der Waals surface area (Å²) in [4.78, 5) is 23.7. The van der Waals surface area contributed by atoms with Crippen LogP contribution >= 0.6 is 0 Å². The number of hydrogen-bond acceptors (Lipinski definition) is 4. The molecule has 0 aromatic heterocycles. The van der Waals surface area contributed by atoms with Crippen molar-refractivity contribution in [1.82, 2.24) is 0 Å². The summed E-state index contributed by atoms with van der Waals surface area (Å²) in [5, 5.41) is 0. The number of carbonyl (C=O) groups excluding carboxylic acids is 2. The van der Waals surface area contributed by atoms with Crippen molar-refractivity contribution in [1.29, 1.82) is 0 Å². The predicted molar refractivity (Wildman–Crippen MR) is 130 cm³/mol. The van der Waals surface area contributed by atoms with Crippen molar-refractivity contribution < 1.29 is 19.1 Å². The van der Waals surface area contributed by atoms with E-state index in [4.69, 9.17) is 9.47 Å². The molecule has 0 saturated heterocycles. The molecular formula is C27H46O4. The second-order valence-electron chi connectivity index (χ2n) is 8.79. The van der Waals surface area contributed by atoms with Gasteiger partial charge in [-0.15, -0.1) is 0 Å². The molecule has 0 bridgehead atoms. The molecule has 1 atom stereocenters. The maximum absolute atomic E-state index is 11.8. The SMILES string of the molecule is CCCCCC(C)OC(=O)CCCC(=O)OC/C=C(\C)CC/C=C(\C)CCC=C(C)C. The summed E-state index contributed by atoms with van der Waals surface area (Å²) in [7, 11) is 0. The Hall–Kier alpha value is -1.84. The van der Waals surface area contributed by atoms with Gasteiger partial charge in [0.1, 0.15) is 6.61 Å². The van der Waals surface area contributed by atoms with Gasteiger partial charge in [0.05, 0.1) is 6.10 Å². The summed E-state index contributed by atoms with van der Waals surface area (Å²) in [6.45, 7) is 12.9. The zero-order valence-electron chi connectivity index (χ0n) is 20.9. The average Bonchev–Trinajstić information content (AvgIpc) is 2.67. The zero-order chi connectivity index (χ0) is 23.5. The van der Waals surface area contributed by atoms with E-state index in [9.17, 15) is 9.59 Å². The Bertz CT molecular complexity index is 594. The molecule has 0 aromatic carbocycles. The number of rotatable bonds is 17. The molecule has 178 valence electrons. The van der Waals surface area contributed by atoms with Gasteiger partial charge < -0.3 is 9.47 Å². The minimum absolute atomic E-state index is 0.0462. The molecule has 0 aliphatic rings. The summed E-state index contributed by atoms with van der Waals surface area (Å²) in [5.41, 5.74) is 4.01. The molecule has 0 aliphatic carbocycles. The second-order valence-corrected chi connectivity index (χ2v) is 8.79. The largest absolute Gasteiger partial charge is 0.463 e. The number of carbonyl (C=O) groups is 2. The van der Waals surface area contributed by atoms with Crippen molar-refractivity contribution in [3.63, 3.8) is 0 Å². The maximum atomic E-state index is 11.8. The van der Waals surface area contributed by atoms with Crippen LogP contribution in [-0.4, -0.2) is 24.6 Å². The number of unbranched alkanes of at least 4 members (excludes halogenated alkanes) is 2. The van der Waals surface area contributed by atoms with Gasteiger partial charge in [-0.2, -0.15) is 0 Å². The Balaban J connectivity index is 3.90. The van der Waals surface area contributed by atoms with Crippen LogP contribution in [0.5, 0.6) is 0 Å². The number of ether oxygens (including phenoxy) is 2. The van der Waals surface area contributed by atoms with E-state index < -0.39 is 0 Å². The molecular weight excluding hydrogens is 388 g/mol. The summed E-state index contributed by atoms with van der Waals surface area (Å²) in [6, 6.07) is 0. The molecule has 1 unspecified atom stereocenters. The fourth-order valence-electron chi connectivity index (χ4n) is 3.09. The van der Waals surface area contributed by atoms with Crippen LogP contribution in [0, 0.1) is 0 Å². The van der Waals surface area contributed by atoms with Crippen LogP contribution in [0.25, 0.3) is 0 Å². The second kappa shape index (κ2) is 18.9. The average molecular weight is 435 g/mol. The Kier molecular flexibility index (Phi) is 17.8. The van der Waals surface area contributed by atoms with Crippen molar-refractivity contribution in [2.75, 3.05) is 6.61 Å². The monoisotopic (exact) mass is 434 g/mol. The molecule has 0 saturated carbocycles. The molecule has 31 heavy (non-hydrogen) atoms. The minimum Gasteiger partial charge on any atom is -0.463 e. The lowest BCUT2D eigenvalue weighted by Crippen LogP contribution is -2.15. The van der Waals surface area contributed by atoms with Crippen molar-refractivity contribution >= 4 is 11.9 Å². The van der Waals surface area contributed by atoms with Gasteiger partial charge in [0, 0.05) is 12.8 Å². The molecule has 0 radical (unpaired) electrons. The minimum atomic E-state index is -0.261. The molecule has 0 heterocycles. The number of hydrogen-bond donors (Lipinski definition) is 0. The van der Waals surface area contributed by atoms with E-state index in [1.54, 1.807) is 0 Å². The summed E-state index contributed by atoms with van der Waals surface area (Å²) < 4.78 is 10.6. The van der Waals surface area contributed by atoms with Crippen LogP contribution < -0.4 is 0 Å². The van der Waals surface area contributed by atoms with E-state index in [1.807, 2.05) is 13.0 Å². The fraction of sp³-hybridized carbons (Fsp3) is 0.704. The molecule has 0 aromatic rings. The van der Waals surface area contributed by atoms with E-state index in [0.717, 1.165) is 51.4 Å². The molecule has 0 N–H and O–H groups in total. The Labute approximate surface area is 191 Å². The highest BCUT2D eigenvalue weighted by atomic mass is 16.5. The van der Waals surface area contributed by atoms with Gasteiger partial charge in [0.15, 0.2) is 0 Å². The van der Waals surface area contributed by atoms with Crippen molar-refractivity contribution in [3.05, 3.63) is 34.9 Å². The lowest BCUT2D eigenvalue weighted by molar-refractivity contribution is -0.149. The number of allylic oxidation sites excluding steroid dienone is 5. The lowest BCUT2D eigenvalue weighted by atomic mass is 10.1. The first kappa shape index (κ1) is 29.2. The highest BCUT2D eigenvalue weighted by molar-refractivity contribution is 5.72. The summed E-state index contributed by atoms with van der Waals surface area (Å²) >= 11 is 0. The van der Waals surface area contributed by atoms with Crippen molar-refractivity contribution in [3.8, 4) is 0 Å². The van der Waals surface area contributed by atoms with Crippen LogP contribution in [0.2, 0.25) is 0 Å². The predicted octanol–water partition coefficient (Wildman–Crippen LogP) is 7.63. The first-order valence-corrected chi connectivity index (χ1v) is 12.0. The Morgan fingerprint density at radius 1 is 0.774 bits per heavy atom. The van der Waals surface area contributed by atoms with E-state index in [0.29, 0.717) is 13.0 Å². The molecule has 0 spiro atoms. The van der Waals surface area contributed by atoms with Crippen LogP contribution in [0.3, 0.4) is 0 Å². The van der Waals surface area contributed by atoms with E-state index >= 15 is 0 Å². The van der Waals surface area contributed by atoms with Gasteiger partial charge in [0.25, 0.3) is 0 Å². The first-order chi connectivity index (χ1) is 14.7. The number of esters is 2. The molecule has 0 fully saturated rings. The Morgan fingerprint density at radius 2 is 1.39 bits per heavy atom. The Morgan fingerprint density at radius 3 is 2.03 bits per heavy atom. The molecule has 4 heteroatoms. The molecule has 4 nitrogen and oxygen atoms in total. The highest BCUT2D eigenvalue weighted by Crippen LogP contribution is 2.12. The van der Waals surface area contributed by atoms with Crippen molar-refractivity contribution in [2.24, 2.45) is 0 Å². The van der Waals surface area contributed by atoms with Gasteiger partial charge >= 0.3 is 11.9 Å². The van der Waals surface area contributed by atoms with E-state index in [-0.39, 0.29) is 30.9 Å². The molecule has 0 amide bonds. The van der Waals surface area contributed by atoms with Crippen molar-refractivity contribution in [2.45, 2.75) is 118 Å². The van der Waals surface area contributed by atoms with Crippen LogP contribution in [0.4, 0.5) is 0 Å². The smallest absolute Gasteiger partial charge is 0.306 e. The van der Waals surface area contributed by atoms with Crippen LogP contribution in [0.15, 0.2) is 34.9 Å². The van der Waals surface area contributed by atoms with Gasteiger partial charge in [-0.3, -0.25) is 9.59 Å². The quantitative estimate of drug-likeness (QED) is 0.134. The van der Waals surface area contributed by atoms with E-state index in [1.165, 1.54) is 16.7 Å². The lowest BCUT2D eigenvalue weighted by Gasteiger charge is -2.12. The standard InChI is InChI=1S/C27H46O4/c1-7-8-9-17-25(6)31-27(29)19-12-18-26(28)30-21-20-24(5)16-11-15-23(4)14-10-13-22(2)3/h13,15,20,25H,7-12,14,16-19,21H2,1-6H3/b23-15+,24-20+. The topological polar surface area (TPSA) is 52.6 Å². The van der Waals surface area contributed by atoms with Gasteiger partial charge in [-0.1, -0.05) is 48.6 Å². The van der Waals surface area contributed by atoms with Gasteiger partial charge in [-0.25, -0.2) is 0 Å². The normalized spacial score (nSPS) is 13.0. The summed E-state index contributed by atoms with van der Waals surface area (Å²) in [5.74, 6) is -0.486. The molecule has 0 rings (SSSR count). The molecule has 0 aliphatic heterocycles. The zero-order valence-corrected chi connectivity index (χ0v) is 20.9. The third-order valence-electron chi connectivity index (χ3n) is 5.11. The maximum Gasteiger partial charge on any atom is 0.306 e. The fourth-order valence-corrected chi connectivity index (χ4v) is 3.09. The van der Waals surface area contributed by atoms with E-state index in [2.05, 4.69) is 46.8 Å². The first-order valence-electron chi connectivity index (χ1n) is 12.0. The van der Waals surface area contributed by atoms with Gasteiger partial charge in [-0.05, 0) is 85.6 Å².